The summed E-state index contributed by atoms with van der Waals surface area (Å²) in [6.07, 6.45) is 1.74. The van der Waals surface area contributed by atoms with Crippen LogP contribution in [0.4, 0.5) is 4.39 Å². The number of amides is 1. The highest BCUT2D eigenvalue weighted by molar-refractivity contribution is 6.33. The molecule has 0 bridgehead atoms. The summed E-state index contributed by atoms with van der Waals surface area (Å²) in [7, 11) is 0. The summed E-state index contributed by atoms with van der Waals surface area (Å²) in [5.41, 5.74) is 5.74. The number of rotatable bonds is 1. The molecule has 1 saturated heterocycles. The quantitative estimate of drug-likeness (QED) is 0.864. The lowest BCUT2D eigenvalue weighted by molar-refractivity contribution is 0.0704. The van der Waals surface area contributed by atoms with Crippen LogP contribution in [0.3, 0.4) is 0 Å². The van der Waals surface area contributed by atoms with Crippen LogP contribution in [0.1, 0.15) is 23.2 Å². The molecule has 0 spiro atoms. The summed E-state index contributed by atoms with van der Waals surface area (Å²) >= 11 is 5.86. The molecule has 0 unspecified atom stereocenters. The molecule has 1 aliphatic rings. The van der Waals surface area contributed by atoms with E-state index >= 15 is 0 Å². The lowest BCUT2D eigenvalue weighted by Crippen LogP contribution is -2.46. The fourth-order valence-electron chi connectivity index (χ4n) is 2.05. The fraction of sp³-hybridized carbons (Fsp3) is 0.417. The predicted octanol–water partition coefficient (Wildman–Crippen LogP) is 2.46. The minimum absolute atomic E-state index is 0. The monoisotopic (exact) mass is 292 g/mol. The molecule has 1 heterocycles. The number of carbonyl (C=O) groups excluding carboxylic acids is 1. The van der Waals surface area contributed by atoms with Crippen molar-refractivity contribution in [3.05, 3.63) is 34.6 Å². The van der Waals surface area contributed by atoms with Gasteiger partial charge < -0.3 is 10.6 Å². The zero-order valence-corrected chi connectivity index (χ0v) is 11.3. The molecule has 1 aromatic rings. The van der Waals surface area contributed by atoms with Gasteiger partial charge in [0.15, 0.2) is 0 Å². The average molecular weight is 293 g/mol. The predicted molar refractivity (Wildman–Crippen MR) is 71.8 cm³/mol. The Bertz CT molecular complexity index is 422. The maximum atomic E-state index is 13.6. The van der Waals surface area contributed by atoms with Gasteiger partial charge in [-0.05, 0) is 25.0 Å². The van der Waals surface area contributed by atoms with Crippen LogP contribution >= 0.6 is 24.0 Å². The summed E-state index contributed by atoms with van der Waals surface area (Å²) in [5, 5.41) is 0.147. The second-order valence-corrected chi connectivity index (χ2v) is 4.66. The minimum atomic E-state index is -0.582. The minimum Gasteiger partial charge on any atom is -0.337 e. The van der Waals surface area contributed by atoms with E-state index in [0.29, 0.717) is 13.1 Å². The molecular weight excluding hydrogens is 278 g/mol. The van der Waals surface area contributed by atoms with Crippen molar-refractivity contribution < 1.29 is 9.18 Å². The van der Waals surface area contributed by atoms with Crippen molar-refractivity contribution >= 4 is 29.9 Å². The summed E-state index contributed by atoms with van der Waals surface area (Å²) in [4.78, 5) is 13.7. The number of hydrogen-bond acceptors (Lipinski definition) is 2. The molecule has 2 N–H and O–H groups in total. The Morgan fingerprint density at radius 2 is 2.22 bits per heavy atom. The van der Waals surface area contributed by atoms with Crippen LogP contribution in [0.25, 0.3) is 0 Å². The van der Waals surface area contributed by atoms with Gasteiger partial charge in [0.05, 0.1) is 10.6 Å². The number of nitrogens with two attached hydrogens (primary N) is 1. The first-order chi connectivity index (χ1) is 8.09. The maximum absolute atomic E-state index is 13.6. The van der Waals surface area contributed by atoms with Crippen molar-refractivity contribution in [2.24, 2.45) is 5.73 Å². The van der Waals surface area contributed by atoms with E-state index in [2.05, 4.69) is 0 Å². The Hall–Kier alpha value is -0.840. The lowest BCUT2D eigenvalue weighted by Gasteiger charge is -2.31. The van der Waals surface area contributed by atoms with Crippen LogP contribution < -0.4 is 5.73 Å². The molecule has 100 valence electrons. The molecule has 3 nitrogen and oxygen atoms in total. The van der Waals surface area contributed by atoms with Crippen molar-refractivity contribution in [3.8, 4) is 0 Å². The van der Waals surface area contributed by atoms with Crippen molar-refractivity contribution in [2.75, 3.05) is 13.1 Å². The molecule has 0 radical (unpaired) electrons. The zero-order valence-electron chi connectivity index (χ0n) is 9.73. The zero-order chi connectivity index (χ0) is 12.4. The number of piperidine rings is 1. The Morgan fingerprint density at radius 1 is 1.50 bits per heavy atom. The molecule has 1 atom stereocenters. The Kier molecular flexibility index (Phi) is 5.38. The van der Waals surface area contributed by atoms with Crippen LogP contribution in [0, 0.1) is 5.82 Å². The van der Waals surface area contributed by atoms with E-state index in [9.17, 15) is 9.18 Å². The summed E-state index contributed by atoms with van der Waals surface area (Å²) in [6.45, 7) is 1.07. The van der Waals surface area contributed by atoms with Crippen molar-refractivity contribution in [1.82, 2.24) is 4.90 Å². The number of halogens is 3. The number of carbonyl (C=O) groups is 1. The van der Waals surface area contributed by atoms with Crippen LogP contribution in [-0.2, 0) is 0 Å². The normalized spacial score (nSPS) is 19.3. The Morgan fingerprint density at radius 3 is 2.83 bits per heavy atom. The van der Waals surface area contributed by atoms with Gasteiger partial charge in [0, 0.05) is 19.1 Å². The molecule has 1 fully saturated rings. The third kappa shape index (κ3) is 3.13. The molecule has 1 amide bonds. The van der Waals surface area contributed by atoms with Gasteiger partial charge in [-0.25, -0.2) is 4.39 Å². The SMILES string of the molecule is Cl.N[C@@H]1CCCN(C(=O)c2c(F)cccc2Cl)C1. The van der Waals surface area contributed by atoms with Gasteiger partial charge in [-0.15, -0.1) is 12.4 Å². The molecule has 2 rings (SSSR count). The number of nitrogens with zero attached hydrogens (tertiary/aromatic N) is 1. The maximum Gasteiger partial charge on any atom is 0.258 e. The lowest BCUT2D eigenvalue weighted by atomic mass is 10.1. The number of likely N-dealkylation sites (tertiary alicyclic amines) is 1. The van der Waals surface area contributed by atoms with Crippen LogP contribution in [0.2, 0.25) is 5.02 Å². The van der Waals surface area contributed by atoms with Gasteiger partial charge >= 0.3 is 0 Å². The Balaban J connectivity index is 0.00000162. The van der Waals surface area contributed by atoms with E-state index < -0.39 is 5.82 Å². The third-order valence-electron chi connectivity index (χ3n) is 2.92. The molecule has 0 saturated carbocycles. The van der Waals surface area contributed by atoms with E-state index in [0.717, 1.165) is 12.8 Å². The Labute approximate surface area is 116 Å². The van der Waals surface area contributed by atoms with Crippen LogP contribution in [0.15, 0.2) is 18.2 Å². The van der Waals surface area contributed by atoms with Gasteiger partial charge in [-0.3, -0.25) is 4.79 Å². The topological polar surface area (TPSA) is 46.3 Å². The van der Waals surface area contributed by atoms with Crippen molar-refractivity contribution in [1.29, 1.82) is 0 Å². The van der Waals surface area contributed by atoms with Gasteiger partial charge in [-0.1, -0.05) is 17.7 Å². The van der Waals surface area contributed by atoms with Crippen molar-refractivity contribution in [2.45, 2.75) is 18.9 Å². The molecule has 0 aliphatic carbocycles. The van der Waals surface area contributed by atoms with E-state index in [4.69, 9.17) is 17.3 Å². The fourth-order valence-corrected chi connectivity index (χ4v) is 2.30. The molecule has 6 heteroatoms. The van der Waals surface area contributed by atoms with Crippen LogP contribution in [-0.4, -0.2) is 29.9 Å². The third-order valence-corrected chi connectivity index (χ3v) is 3.24. The summed E-state index contributed by atoms with van der Waals surface area (Å²) < 4.78 is 13.6. The van der Waals surface area contributed by atoms with Gasteiger partial charge in [0.2, 0.25) is 0 Å². The first-order valence-electron chi connectivity index (χ1n) is 5.58. The highest BCUT2D eigenvalue weighted by Gasteiger charge is 2.25. The largest absolute Gasteiger partial charge is 0.337 e. The standard InChI is InChI=1S/C12H14ClFN2O.ClH/c13-9-4-1-5-10(14)11(9)12(17)16-6-2-3-8(15)7-16;/h1,4-5,8H,2-3,6-7,15H2;1H/t8-;/m1./s1. The molecular formula is C12H15Cl2FN2O. The first-order valence-corrected chi connectivity index (χ1v) is 5.96. The van der Waals surface area contributed by atoms with Gasteiger partial charge in [0.25, 0.3) is 5.91 Å². The second-order valence-electron chi connectivity index (χ2n) is 4.25. The summed E-state index contributed by atoms with van der Waals surface area (Å²) in [5.74, 6) is -0.954. The van der Waals surface area contributed by atoms with Crippen LogP contribution in [0.5, 0.6) is 0 Å². The van der Waals surface area contributed by atoms with E-state index in [1.807, 2.05) is 0 Å². The molecule has 18 heavy (non-hydrogen) atoms. The second kappa shape index (κ2) is 6.36. The number of benzene rings is 1. The van der Waals surface area contributed by atoms with Crippen molar-refractivity contribution in [3.63, 3.8) is 0 Å². The first kappa shape index (κ1) is 15.2. The smallest absolute Gasteiger partial charge is 0.258 e. The average Bonchev–Trinajstić information content (AvgIpc) is 2.28. The van der Waals surface area contributed by atoms with E-state index in [1.54, 1.807) is 4.90 Å². The molecule has 1 aliphatic heterocycles. The van der Waals surface area contributed by atoms with Gasteiger partial charge in [0.1, 0.15) is 5.82 Å². The summed E-state index contributed by atoms with van der Waals surface area (Å²) in [6, 6.07) is 4.21. The van der Waals surface area contributed by atoms with E-state index in [1.165, 1.54) is 18.2 Å². The highest BCUT2D eigenvalue weighted by Crippen LogP contribution is 2.22. The van der Waals surface area contributed by atoms with E-state index in [-0.39, 0.29) is 34.9 Å². The molecule has 0 aromatic heterocycles. The van der Waals surface area contributed by atoms with Gasteiger partial charge in [-0.2, -0.15) is 0 Å². The number of hydrogen-bond donors (Lipinski definition) is 1. The highest BCUT2D eigenvalue weighted by atomic mass is 35.5. The molecule has 1 aromatic carbocycles.